The third-order valence-electron chi connectivity index (χ3n) is 4.59. The van der Waals surface area contributed by atoms with Gasteiger partial charge in [0.05, 0.1) is 11.6 Å². The molecule has 0 unspecified atom stereocenters. The molecule has 0 spiro atoms. The Morgan fingerprint density at radius 3 is 3.16 bits per heavy atom. The Hall–Kier alpha value is -1.73. The van der Waals surface area contributed by atoms with Crippen molar-refractivity contribution in [2.75, 3.05) is 26.8 Å². The quantitative estimate of drug-likeness (QED) is 0.760. The Balaban J connectivity index is 1.68. The number of rotatable bonds is 7. The number of piperidine rings is 1. The summed E-state index contributed by atoms with van der Waals surface area (Å²) in [5, 5.41) is 2.95. The molecular weight excluding hydrogens is 336 g/mol. The molecule has 1 fully saturated rings. The molecule has 6 nitrogen and oxygen atoms in total. The van der Waals surface area contributed by atoms with Crippen LogP contribution < -0.4 is 0 Å². The molecule has 2 aromatic rings. The second kappa shape index (κ2) is 8.58. The highest BCUT2D eigenvalue weighted by Crippen LogP contribution is 2.27. The maximum atomic E-state index is 12.8. The first-order chi connectivity index (χ1) is 12.2. The lowest BCUT2D eigenvalue weighted by Crippen LogP contribution is -2.40. The predicted molar refractivity (Wildman–Crippen MR) is 98.1 cm³/mol. The first kappa shape index (κ1) is 18.1. The summed E-state index contributed by atoms with van der Waals surface area (Å²) in [6.07, 6.45) is 7.88. The topological polar surface area (TPSA) is 60.2 Å². The van der Waals surface area contributed by atoms with Crippen LogP contribution in [0.2, 0.25) is 0 Å². The van der Waals surface area contributed by atoms with Crippen LogP contribution in [0.15, 0.2) is 17.8 Å². The number of carbonyl (C=O) groups is 1. The van der Waals surface area contributed by atoms with E-state index in [4.69, 9.17) is 4.74 Å². The molecule has 1 aliphatic heterocycles. The molecule has 0 aliphatic carbocycles. The number of imidazole rings is 1. The van der Waals surface area contributed by atoms with Gasteiger partial charge in [-0.3, -0.25) is 4.79 Å². The minimum absolute atomic E-state index is 0.0540. The molecule has 3 rings (SSSR count). The van der Waals surface area contributed by atoms with Crippen LogP contribution in [-0.4, -0.2) is 52.1 Å². The Morgan fingerprint density at radius 2 is 2.36 bits per heavy atom. The van der Waals surface area contributed by atoms with Gasteiger partial charge in [-0.2, -0.15) is 0 Å². The lowest BCUT2D eigenvalue weighted by Gasteiger charge is -2.32. The molecule has 0 N–H and O–H groups in total. The van der Waals surface area contributed by atoms with Crippen LogP contribution in [-0.2, 0) is 17.7 Å². The van der Waals surface area contributed by atoms with Crippen LogP contribution in [0.25, 0.3) is 0 Å². The number of amides is 1. The Kier molecular flexibility index (Phi) is 6.20. The van der Waals surface area contributed by atoms with Gasteiger partial charge in [0, 0.05) is 50.4 Å². The molecule has 0 saturated carbocycles. The fourth-order valence-electron chi connectivity index (χ4n) is 3.33. The van der Waals surface area contributed by atoms with Gasteiger partial charge < -0.3 is 14.2 Å². The van der Waals surface area contributed by atoms with Crippen molar-refractivity contribution in [3.63, 3.8) is 0 Å². The average Bonchev–Trinajstić information content (AvgIpc) is 3.29. The molecule has 3 heterocycles. The van der Waals surface area contributed by atoms with Crippen LogP contribution in [0.5, 0.6) is 0 Å². The highest BCUT2D eigenvalue weighted by molar-refractivity contribution is 7.09. The zero-order chi connectivity index (χ0) is 17.6. The number of aryl methyl sites for hydroxylation is 1. The summed E-state index contributed by atoms with van der Waals surface area (Å²) in [5.41, 5.74) is 0.594. The molecule has 1 atom stereocenters. The second-order valence-electron chi connectivity index (χ2n) is 6.44. The van der Waals surface area contributed by atoms with Crippen LogP contribution in [0.3, 0.4) is 0 Å². The molecule has 1 amide bonds. The molecular formula is C18H26N4O2S. The second-order valence-corrected chi connectivity index (χ2v) is 7.38. The molecule has 0 radical (unpaired) electrons. The summed E-state index contributed by atoms with van der Waals surface area (Å²) >= 11 is 1.59. The van der Waals surface area contributed by atoms with Crippen molar-refractivity contribution in [2.24, 2.45) is 0 Å². The van der Waals surface area contributed by atoms with Gasteiger partial charge >= 0.3 is 0 Å². The predicted octanol–water partition coefficient (Wildman–Crippen LogP) is 2.96. The van der Waals surface area contributed by atoms with E-state index in [2.05, 4.69) is 21.5 Å². The number of thiazole rings is 1. The third-order valence-corrected chi connectivity index (χ3v) is 5.50. The molecule has 136 valence electrons. The van der Waals surface area contributed by atoms with E-state index in [0.29, 0.717) is 18.8 Å². The fourth-order valence-corrected chi connectivity index (χ4v) is 4.21. The van der Waals surface area contributed by atoms with Gasteiger partial charge in [0.1, 0.15) is 11.5 Å². The lowest BCUT2D eigenvalue weighted by atomic mass is 9.97. The summed E-state index contributed by atoms with van der Waals surface area (Å²) in [6, 6.07) is 0. The molecule has 7 heteroatoms. The van der Waals surface area contributed by atoms with Crippen LogP contribution in [0.4, 0.5) is 0 Å². The first-order valence-electron chi connectivity index (χ1n) is 8.96. The maximum absolute atomic E-state index is 12.8. The zero-order valence-electron chi connectivity index (χ0n) is 15.0. The van der Waals surface area contributed by atoms with Gasteiger partial charge in [-0.15, -0.1) is 11.3 Å². The van der Waals surface area contributed by atoms with Crippen molar-refractivity contribution in [3.05, 3.63) is 34.3 Å². The van der Waals surface area contributed by atoms with E-state index >= 15 is 0 Å². The van der Waals surface area contributed by atoms with Gasteiger partial charge in [-0.1, -0.05) is 6.92 Å². The standard InChI is InChI=1S/C18H26N4O2S/c1-3-5-16-20-15(13-25-16)18(23)22-8-4-6-14(12-22)17-19-7-9-21(17)10-11-24-2/h7,9,13-14H,3-6,8,10-12H2,1-2H3/t14-/m0/s1. The van der Waals surface area contributed by atoms with Gasteiger partial charge in [-0.25, -0.2) is 9.97 Å². The zero-order valence-corrected chi connectivity index (χ0v) is 15.8. The Morgan fingerprint density at radius 1 is 1.48 bits per heavy atom. The van der Waals surface area contributed by atoms with E-state index in [1.165, 1.54) is 0 Å². The van der Waals surface area contributed by atoms with Crippen LogP contribution >= 0.6 is 11.3 Å². The number of carbonyl (C=O) groups excluding carboxylic acids is 1. The molecule has 0 bridgehead atoms. The van der Waals surface area contributed by atoms with Crippen LogP contribution in [0.1, 0.15) is 53.4 Å². The maximum Gasteiger partial charge on any atom is 0.273 e. The van der Waals surface area contributed by atoms with Gasteiger partial charge in [-0.05, 0) is 25.7 Å². The summed E-state index contributed by atoms with van der Waals surface area (Å²) in [7, 11) is 1.71. The van der Waals surface area contributed by atoms with Gasteiger partial charge in [0.15, 0.2) is 0 Å². The van der Waals surface area contributed by atoms with Crippen molar-refractivity contribution in [2.45, 2.75) is 45.1 Å². The SMILES string of the molecule is CCCc1nc(C(=O)N2CCC[C@H](c3nccn3CCOC)C2)cs1. The van der Waals surface area contributed by atoms with E-state index in [1.54, 1.807) is 18.4 Å². The molecule has 1 aliphatic rings. The summed E-state index contributed by atoms with van der Waals surface area (Å²) < 4.78 is 7.32. The molecule has 25 heavy (non-hydrogen) atoms. The first-order valence-corrected chi connectivity index (χ1v) is 9.84. The minimum Gasteiger partial charge on any atom is -0.383 e. The average molecular weight is 362 g/mol. The van der Waals surface area contributed by atoms with E-state index in [1.807, 2.05) is 22.7 Å². The molecule has 0 aromatic carbocycles. The number of methoxy groups -OCH3 is 1. The number of nitrogens with zero attached hydrogens (tertiary/aromatic N) is 4. The molecule has 2 aromatic heterocycles. The monoisotopic (exact) mass is 362 g/mol. The van der Waals surface area contributed by atoms with E-state index in [0.717, 1.165) is 49.6 Å². The smallest absolute Gasteiger partial charge is 0.273 e. The van der Waals surface area contributed by atoms with Gasteiger partial charge in [0.2, 0.25) is 0 Å². The van der Waals surface area contributed by atoms with Crippen molar-refractivity contribution in [3.8, 4) is 0 Å². The number of hydrogen-bond donors (Lipinski definition) is 0. The number of hydrogen-bond acceptors (Lipinski definition) is 5. The number of aromatic nitrogens is 3. The van der Waals surface area contributed by atoms with Crippen LogP contribution in [0, 0.1) is 0 Å². The van der Waals surface area contributed by atoms with E-state index in [9.17, 15) is 4.79 Å². The van der Waals surface area contributed by atoms with Gasteiger partial charge in [0.25, 0.3) is 5.91 Å². The normalized spacial score (nSPS) is 17.8. The Labute approximate surface area is 152 Å². The van der Waals surface area contributed by atoms with E-state index < -0.39 is 0 Å². The highest BCUT2D eigenvalue weighted by Gasteiger charge is 2.28. The molecule has 1 saturated heterocycles. The van der Waals surface area contributed by atoms with Crippen molar-refractivity contribution in [1.82, 2.24) is 19.4 Å². The minimum atomic E-state index is 0.0540. The van der Waals surface area contributed by atoms with Crippen molar-refractivity contribution in [1.29, 1.82) is 0 Å². The number of ether oxygens (including phenoxy) is 1. The fraction of sp³-hybridized carbons (Fsp3) is 0.611. The van der Waals surface area contributed by atoms with Crippen molar-refractivity contribution < 1.29 is 9.53 Å². The summed E-state index contributed by atoms with van der Waals surface area (Å²) in [4.78, 5) is 23.8. The largest absolute Gasteiger partial charge is 0.383 e. The third kappa shape index (κ3) is 4.27. The lowest BCUT2D eigenvalue weighted by molar-refractivity contribution is 0.0697. The number of likely N-dealkylation sites (tertiary alicyclic amines) is 1. The summed E-state index contributed by atoms with van der Waals surface area (Å²) in [5.74, 6) is 1.39. The Bertz CT molecular complexity index is 697. The summed E-state index contributed by atoms with van der Waals surface area (Å²) in [6.45, 7) is 5.10. The van der Waals surface area contributed by atoms with E-state index in [-0.39, 0.29) is 11.8 Å². The van der Waals surface area contributed by atoms with Crippen molar-refractivity contribution >= 4 is 17.2 Å². The highest BCUT2D eigenvalue weighted by atomic mass is 32.1.